The van der Waals surface area contributed by atoms with E-state index in [1.165, 1.54) is 0 Å². The highest BCUT2D eigenvalue weighted by atomic mass is 79.9. The van der Waals surface area contributed by atoms with E-state index in [4.69, 9.17) is 0 Å². The van der Waals surface area contributed by atoms with Crippen LogP contribution in [0.25, 0.3) is 10.8 Å². The van der Waals surface area contributed by atoms with Crippen LogP contribution in [0.15, 0.2) is 59.3 Å². The van der Waals surface area contributed by atoms with Gasteiger partial charge in [0.05, 0.1) is 0 Å². The predicted molar refractivity (Wildman–Crippen MR) is 84.1 cm³/mol. The molecule has 3 aromatic rings. The van der Waals surface area contributed by atoms with Gasteiger partial charge in [-0.15, -0.1) is 0 Å². The Morgan fingerprint density at radius 3 is 2.80 bits per heavy atom. The lowest BCUT2D eigenvalue weighted by Crippen LogP contribution is -2.02. The molecule has 0 amide bonds. The minimum Gasteiger partial charge on any atom is -0.289 e. The lowest BCUT2D eigenvalue weighted by atomic mass is 9.98. The van der Waals surface area contributed by atoms with Crippen LogP contribution in [0.3, 0.4) is 0 Å². The standard InChI is InChI=1S/C17H12BrNO/c1-11-5-6-12(9-16(11)18)17(20)15-4-2-3-13-10-19-8-7-14(13)15/h2-10H,1H3. The van der Waals surface area contributed by atoms with Gasteiger partial charge in [0, 0.05) is 33.4 Å². The normalized spacial score (nSPS) is 10.7. The minimum atomic E-state index is 0.0301. The predicted octanol–water partition coefficient (Wildman–Crippen LogP) is 4.54. The zero-order valence-corrected chi connectivity index (χ0v) is 12.5. The molecule has 3 rings (SSSR count). The van der Waals surface area contributed by atoms with E-state index in [9.17, 15) is 4.79 Å². The average Bonchev–Trinajstić information content (AvgIpc) is 2.49. The SMILES string of the molecule is Cc1ccc(C(=O)c2cccc3cnccc23)cc1Br. The molecule has 2 aromatic carbocycles. The Balaban J connectivity index is 2.15. The van der Waals surface area contributed by atoms with Crippen LogP contribution in [0.5, 0.6) is 0 Å². The quantitative estimate of drug-likeness (QED) is 0.647. The molecule has 0 bridgehead atoms. The second-order valence-electron chi connectivity index (χ2n) is 4.70. The number of fused-ring (bicyclic) bond motifs is 1. The van der Waals surface area contributed by atoms with Crippen molar-refractivity contribution in [2.45, 2.75) is 6.92 Å². The van der Waals surface area contributed by atoms with Crippen LogP contribution in [0.4, 0.5) is 0 Å². The third-order valence-corrected chi connectivity index (χ3v) is 4.21. The van der Waals surface area contributed by atoms with E-state index in [-0.39, 0.29) is 5.78 Å². The summed E-state index contributed by atoms with van der Waals surface area (Å²) in [6.07, 6.45) is 3.49. The topological polar surface area (TPSA) is 30.0 Å². The van der Waals surface area contributed by atoms with Gasteiger partial charge in [-0.2, -0.15) is 0 Å². The van der Waals surface area contributed by atoms with Crippen LogP contribution in [0.1, 0.15) is 21.5 Å². The molecule has 2 nitrogen and oxygen atoms in total. The minimum absolute atomic E-state index is 0.0301. The van der Waals surface area contributed by atoms with E-state index >= 15 is 0 Å². The number of hydrogen-bond donors (Lipinski definition) is 0. The van der Waals surface area contributed by atoms with Crippen LogP contribution in [0.2, 0.25) is 0 Å². The summed E-state index contributed by atoms with van der Waals surface area (Å²) in [5.41, 5.74) is 2.51. The second kappa shape index (κ2) is 5.17. The van der Waals surface area contributed by atoms with Crippen molar-refractivity contribution < 1.29 is 4.79 Å². The maximum absolute atomic E-state index is 12.7. The van der Waals surface area contributed by atoms with Gasteiger partial charge < -0.3 is 0 Å². The number of halogens is 1. The van der Waals surface area contributed by atoms with E-state index in [0.29, 0.717) is 11.1 Å². The molecule has 1 heterocycles. The molecule has 20 heavy (non-hydrogen) atoms. The van der Waals surface area contributed by atoms with Gasteiger partial charge in [0.25, 0.3) is 0 Å². The summed E-state index contributed by atoms with van der Waals surface area (Å²) in [6, 6.07) is 13.3. The van der Waals surface area contributed by atoms with Crippen LogP contribution in [-0.4, -0.2) is 10.8 Å². The number of pyridine rings is 1. The molecular weight excluding hydrogens is 314 g/mol. The second-order valence-corrected chi connectivity index (χ2v) is 5.55. The molecule has 1 aromatic heterocycles. The Morgan fingerprint density at radius 2 is 2.00 bits per heavy atom. The van der Waals surface area contributed by atoms with E-state index in [0.717, 1.165) is 20.8 Å². The van der Waals surface area contributed by atoms with Crippen LogP contribution in [-0.2, 0) is 0 Å². The fourth-order valence-corrected chi connectivity index (χ4v) is 2.59. The summed E-state index contributed by atoms with van der Waals surface area (Å²) in [5, 5.41) is 1.91. The summed E-state index contributed by atoms with van der Waals surface area (Å²) >= 11 is 3.47. The molecule has 98 valence electrons. The van der Waals surface area contributed by atoms with Crippen LogP contribution in [0, 0.1) is 6.92 Å². The maximum atomic E-state index is 12.7. The van der Waals surface area contributed by atoms with Crippen molar-refractivity contribution in [3.05, 3.63) is 76.0 Å². The van der Waals surface area contributed by atoms with Crippen molar-refractivity contribution >= 4 is 32.5 Å². The first-order valence-corrected chi connectivity index (χ1v) is 7.10. The lowest BCUT2D eigenvalue weighted by Gasteiger charge is -2.07. The first kappa shape index (κ1) is 13.0. The molecule has 0 saturated carbocycles. The molecule has 0 fully saturated rings. The van der Waals surface area contributed by atoms with Gasteiger partial charge >= 0.3 is 0 Å². The number of aromatic nitrogens is 1. The Kier molecular flexibility index (Phi) is 3.36. The van der Waals surface area contributed by atoms with Gasteiger partial charge in [0.1, 0.15) is 0 Å². The smallest absolute Gasteiger partial charge is 0.193 e. The molecule has 0 atom stereocenters. The number of ketones is 1. The number of rotatable bonds is 2. The van der Waals surface area contributed by atoms with Crippen LogP contribution < -0.4 is 0 Å². The zero-order valence-electron chi connectivity index (χ0n) is 10.9. The zero-order chi connectivity index (χ0) is 14.1. The third-order valence-electron chi connectivity index (χ3n) is 3.36. The number of nitrogens with zero attached hydrogens (tertiary/aromatic N) is 1. The highest BCUT2D eigenvalue weighted by Gasteiger charge is 2.13. The Labute approximate surface area is 125 Å². The van der Waals surface area contributed by atoms with Gasteiger partial charge in [-0.25, -0.2) is 0 Å². The third kappa shape index (κ3) is 2.25. The molecule has 0 aliphatic rings. The van der Waals surface area contributed by atoms with Gasteiger partial charge in [-0.1, -0.05) is 46.3 Å². The van der Waals surface area contributed by atoms with E-state index in [2.05, 4.69) is 20.9 Å². The number of carbonyl (C=O) groups is 1. The van der Waals surface area contributed by atoms with Crippen molar-refractivity contribution in [3.63, 3.8) is 0 Å². The summed E-state index contributed by atoms with van der Waals surface area (Å²) in [4.78, 5) is 16.8. The molecule has 0 saturated heterocycles. The molecular formula is C17H12BrNO. The lowest BCUT2D eigenvalue weighted by molar-refractivity contribution is 0.104. The number of benzene rings is 2. The number of aryl methyl sites for hydroxylation is 1. The van der Waals surface area contributed by atoms with Crippen LogP contribution >= 0.6 is 15.9 Å². The Hall–Kier alpha value is -2.00. The molecule has 3 heteroatoms. The van der Waals surface area contributed by atoms with Crippen molar-refractivity contribution in [1.29, 1.82) is 0 Å². The summed E-state index contributed by atoms with van der Waals surface area (Å²) in [5.74, 6) is 0.0301. The van der Waals surface area contributed by atoms with Crippen molar-refractivity contribution in [2.75, 3.05) is 0 Å². The molecule has 0 spiro atoms. The number of carbonyl (C=O) groups excluding carboxylic acids is 1. The molecule has 0 N–H and O–H groups in total. The Morgan fingerprint density at radius 1 is 1.15 bits per heavy atom. The van der Waals surface area contributed by atoms with Gasteiger partial charge in [-0.05, 0) is 30.0 Å². The van der Waals surface area contributed by atoms with Gasteiger partial charge in [-0.3, -0.25) is 9.78 Å². The summed E-state index contributed by atoms with van der Waals surface area (Å²) in [6.45, 7) is 2.00. The average molecular weight is 326 g/mol. The largest absolute Gasteiger partial charge is 0.289 e. The fourth-order valence-electron chi connectivity index (χ4n) is 2.21. The summed E-state index contributed by atoms with van der Waals surface area (Å²) in [7, 11) is 0. The molecule has 0 radical (unpaired) electrons. The summed E-state index contributed by atoms with van der Waals surface area (Å²) < 4.78 is 0.949. The van der Waals surface area contributed by atoms with Crippen molar-refractivity contribution in [2.24, 2.45) is 0 Å². The molecule has 0 aliphatic carbocycles. The highest BCUT2D eigenvalue weighted by Crippen LogP contribution is 2.23. The molecule has 0 unspecified atom stereocenters. The number of hydrogen-bond acceptors (Lipinski definition) is 2. The van der Waals surface area contributed by atoms with E-state index in [1.54, 1.807) is 12.4 Å². The fraction of sp³-hybridized carbons (Fsp3) is 0.0588. The molecule has 0 aliphatic heterocycles. The highest BCUT2D eigenvalue weighted by molar-refractivity contribution is 9.10. The maximum Gasteiger partial charge on any atom is 0.193 e. The monoisotopic (exact) mass is 325 g/mol. The van der Waals surface area contributed by atoms with Crippen molar-refractivity contribution in [1.82, 2.24) is 4.98 Å². The first-order chi connectivity index (χ1) is 9.66. The van der Waals surface area contributed by atoms with Crippen molar-refractivity contribution in [3.8, 4) is 0 Å². The first-order valence-electron chi connectivity index (χ1n) is 6.30. The van der Waals surface area contributed by atoms with Gasteiger partial charge in [0.2, 0.25) is 0 Å². The van der Waals surface area contributed by atoms with Gasteiger partial charge in [0.15, 0.2) is 5.78 Å². The Bertz CT molecular complexity index is 806. The van der Waals surface area contributed by atoms with E-state index in [1.807, 2.05) is 49.4 Å². The van der Waals surface area contributed by atoms with E-state index < -0.39 is 0 Å².